The summed E-state index contributed by atoms with van der Waals surface area (Å²) in [4.78, 5) is 26.4. The minimum absolute atomic E-state index is 0.0164. The minimum atomic E-state index is -3.61. The van der Waals surface area contributed by atoms with Crippen molar-refractivity contribution in [2.45, 2.75) is 30.3 Å². The lowest BCUT2D eigenvalue weighted by Gasteiger charge is -2.14. The summed E-state index contributed by atoms with van der Waals surface area (Å²) in [5.74, 6) is -1.17. The second-order valence-electron chi connectivity index (χ2n) is 8.19. The van der Waals surface area contributed by atoms with Crippen LogP contribution < -0.4 is 4.74 Å². The number of hydrogen-bond acceptors (Lipinski definition) is 8. The van der Waals surface area contributed by atoms with Crippen LogP contribution in [0.15, 0.2) is 29.4 Å². The summed E-state index contributed by atoms with van der Waals surface area (Å²) in [5.41, 5.74) is 1.10. The second-order valence-corrected chi connectivity index (χ2v) is 10.6. The van der Waals surface area contributed by atoms with Crippen LogP contribution in [0.1, 0.15) is 56.3 Å². The maximum absolute atomic E-state index is 13.8. The van der Waals surface area contributed by atoms with Gasteiger partial charge in [0, 0.05) is 50.7 Å². The van der Waals surface area contributed by atoms with Gasteiger partial charge in [-0.05, 0) is 25.0 Å². The number of ether oxygens (including phenoxy) is 2. The van der Waals surface area contributed by atoms with Gasteiger partial charge in [0.15, 0.2) is 9.84 Å². The molecule has 2 heterocycles. The Morgan fingerprint density at radius 1 is 1.24 bits per heavy atom. The molecule has 1 aromatic carbocycles. The van der Waals surface area contributed by atoms with E-state index in [2.05, 4.69) is 10.2 Å². The predicted molar refractivity (Wildman–Crippen MR) is 122 cm³/mol. The Morgan fingerprint density at radius 2 is 1.94 bits per heavy atom. The SMILES string of the molecule is COCc1c(S(C)(=O)=O)ccc(C(=O)c2c(C3CC3)nn(C)c2OC(=O)c2cnn(C)c2)c1Cl. The highest BCUT2D eigenvalue weighted by atomic mass is 35.5. The molecule has 0 radical (unpaired) electrons. The van der Waals surface area contributed by atoms with Gasteiger partial charge in [-0.3, -0.25) is 9.48 Å². The van der Waals surface area contributed by atoms with E-state index in [0.29, 0.717) is 5.69 Å². The van der Waals surface area contributed by atoms with Gasteiger partial charge in [-0.2, -0.15) is 10.2 Å². The Bertz CT molecular complexity index is 1400. The summed E-state index contributed by atoms with van der Waals surface area (Å²) in [6.45, 7) is -0.103. The van der Waals surface area contributed by atoms with E-state index < -0.39 is 21.6 Å². The fourth-order valence-electron chi connectivity index (χ4n) is 3.71. The third-order valence-electron chi connectivity index (χ3n) is 5.48. The number of methoxy groups -OCH3 is 1. The number of carbonyl (C=O) groups is 2. The highest BCUT2D eigenvalue weighted by Gasteiger charge is 2.37. The fourth-order valence-corrected chi connectivity index (χ4v) is 5.00. The molecule has 1 aliphatic carbocycles. The highest BCUT2D eigenvalue weighted by Crippen LogP contribution is 2.44. The van der Waals surface area contributed by atoms with Gasteiger partial charge in [-0.15, -0.1) is 0 Å². The van der Waals surface area contributed by atoms with Gasteiger partial charge in [0.1, 0.15) is 5.56 Å². The third-order valence-corrected chi connectivity index (χ3v) is 7.09. The maximum atomic E-state index is 13.8. The average molecular weight is 507 g/mol. The topological polar surface area (TPSA) is 122 Å². The number of hydrogen-bond donors (Lipinski definition) is 0. The van der Waals surface area contributed by atoms with E-state index >= 15 is 0 Å². The molecular formula is C22H23ClN4O6S. The maximum Gasteiger partial charge on any atom is 0.348 e. The molecule has 1 aliphatic rings. The van der Waals surface area contributed by atoms with Gasteiger partial charge in [0.2, 0.25) is 11.7 Å². The molecule has 4 rings (SSSR count). The van der Waals surface area contributed by atoms with Gasteiger partial charge in [-0.25, -0.2) is 17.9 Å². The summed E-state index contributed by atoms with van der Waals surface area (Å²) in [5, 5.41) is 8.38. The standard InChI is InChI=1S/C22H23ClN4O6S/c1-26-10-13(9-24-26)22(29)33-21-17(19(12-5-6-12)25-27(21)2)20(28)14-7-8-16(34(4,30)31)15(11-32-3)18(14)23/h7-10,12H,5-6,11H2,1-4H3. The Balaban J connectivity index is 1.82. The van der Waals surface area contributed by atoms with Crippen molar-refractivity contribution in [3.8, 4) is 5.88 Å². The molecule has 0 atom stereocenters. The van der Waals surface area contributed by atoms with Crippen LogP contribution in [0.5, 0.6) is 5.88 Å². The van der Waals surface area contributed by atoms with Crippen molar-refractivity contribution >= 4 is 33.2 Å². The molecule has 0 saturated heterocycles. The van der Waals surface area contributed by atoms with Gasteiger partial charge in [-0.1, -0.05) is 11.6 Å². The monoisotopic (exact) mass is 506 g/mol. The number of nitrogens with zero attached hydrogens (tertiary/aromatic N) is 4. The molecule has 0 N–H and O–H groups in total. The summed E-state index contributed by atoms with van der Waals surface area (Å²) in [6, 6.07) is 2.69. The first kappa shape index (κ1) is 24.1. The van der Waals surface area contributed by atoms with Crippen molar-refractivity contribution in [1.29, 1.82) is 0 Å². The first-order chi connectivity index (χ1) is 16.0. The fraction of sp³-hybridized carbons (Fsp3) is 0.364. The van der Waals surface area contributed by atoms with Gasteiger partial charge in [0.05, 0.1) is 34.0 Å². The molecule has 0 bridgehead atoms. The number of aryl methyl sites for hydroxylation is 2. The number of halogens is 1. The zero-order chi connectivity index (χ0) is 24.8. The molecule has 10 nitrogen and oxygen atoms in total. The molecule has 1 fully saturated rings. The second kappa shape index (κ2) is 8.97. The number of rotatable bonds is 8. The van der Waals surface area contributed by atoms with Gasteiger partial charge >= 0.3 is 5.97 Å². The molecule has 1 saturated carbocycles. The minimum Gasteiger partial charge on any atom is -0.403 e. The third kappa shape index (κ3) is 4.50. The summed E-state index contributed by atoms with van der Waals surface area (Å²) >= 11 is 6.54. The number of carbonyl (C=O) groups excluding carboxylic acids is 2. The number of benzene rings is 1. The predicted octanol–water partition coefficient (Wildman–Crippen LogP) is 2.68. The van der Waals surface area contributed by atoms with Crippen molar-refractivity contribution in [3.63, 3.8) is 0 Å². The first-order valence-corrected chi connectivity index (χ1v) is 12.6. The van der Waals surface area contributed by atoms with E-state index in [1.54, 1.807) is 14.1 Å². The van der Waals surface area contributed by atoms with Crippen molar-refractivity contribution in [3.05, 3.63) is 57.5 Å². The summed E-state index contributed by atoms with van der Waals surface area (Å²) in [7, 11) is 1.04. The van der Waals surface area contributed by atoms with Crippen molar-refractivity contribution in [2.75, 3.05) is 13.4 Å². The molecule has 0 unspecified atom stereocenters. The summed E-state index contributed by atoms with van der Waals surface area (Å²) in [6.07, 6.45) is 5.62. The largest absolute Gasteiger partial charge is 0.403 e. The van der Waals surface area contributed by atoms with Gasteiger partial charge < -0.3 is 9.47 Å². The van der Waals surface area contributed by atoms with Crippen LogP contribution in [-0.4, -0.2) is 53.1 Å². The van der Waals surface area contributed by atoms with Crippen LogP contribution in [0, 0.1) is 0 Å². The van der Waals surface area contributed by atoms with E-state index in [1.165, 1.54) is 41.0 Å². The number of ketones is 1. The molecule has 180 valence electrons. The molecular weight excluding hydrogens is 484 g/mol. The highest BCUT2D eigenvalue weighted by molar-refractivity contribution is 7.90. The van der Waals surface area contributed by atoms with Crippen LogP contribution in [0.25, 0.3) is 0 Å². The average Bonchev–Trinajstić information content (AvgIpc) is 3.44. The Morgan fingerprint density at radius 3 is 2.50 bits per heavy atom. The first-order valence-electron chi connectivity index (χ1n) is 10.4. The van der Waals surface area contributed by atoms with E-state index in [0.717, 1.165) is 19.1 Å². The lowest BCUT2D eigenvalue weighted by molar-refractivity contribution is 0.0718. The summed E-state index contributed by atoms with van der Waals surface area (Å²) < 4.78 is 38.0. The molecule has 0 amide bonds. The molecule has 0 aliphatic heterocycles. The number of sulfone groups is 1. The van der Waals surface area contributed by atoms with Crippen LogP contribution >= 0.6 is 11.6 Å². The normalized spacial score (nSPS) is 13.8. The molecule has 0 spiro atoms. The molecule has 2 aromatic heterocycles. The van der Waals surface area contributed by atoms with Gasteiger partial charge in [0.25, 0.3) is 0 Å². The van der Waals surface area contributed by atoms with Crippen LogP contribution in [0.3, 0.4) is 0 Å². The van der Waals surface area contributed by atoms with E-state index in [9.17, 15) is 18.0 Å². The Hall–Kier alpha value is -3.02. The Labute approximate surface area is 201 Å². The smallest absolute Gasteiger partial charge is 0.348 e. The van der Waals surface area contributed by atoms with Crippen molar-refractivity contribution in [2.24, 2.45) is 14.1 Å². The van der Waals surface area contributed by atoms with E-state index in [1.807, 2.05) is 0 Å². The zero-order valence-electron chi connectivity index (χ0n) is 19.0. The number of esters is 1. The molecule has 12 heteroatoms. The quantitative estimate of drug-likeness (QED) is 0.337. The van der Waals surface area contributed by atoms with Crippen molar-refractivity contribution < 1.29 is 27.5 Å². The zero-order valence-corrected chi connectivity index (χ0v) is 20.6. The number of aromatic nitrogens is 4. The lowest BCUT2D eigenvalue weighted by atomic mass is 9.99. The van der Waals surface area contributed by atoms with Crippen LogP contribution in [-0.2, 0) is 35.3 Å². The van der Waals surface area contributed by atoms with E-state index in [-0.39, 0.29) is 50.6 Å². The molecule has 34 heavy (non-hydrogen) atoms. The van der Waals surface area contributed by atoms with Crippen molar-refractivity contribution in [1.82, 2.24) is 19.6 Å². The Kier molecular flexibility index (Phi) is 6.36. The lowest BCUT2D eigenvalue weighted by Crippen LogP contribution is -2.15. The molecule has 3 aromatic rings. The van der Waals surface area contributed by atoms with E-state index in [4.69, 9.17) is 21.1 Å². The van der Waals surface area contributed by atoms with Crippen LogP contribution in [0.4, 0.5) is 0 Å². The van der Waals surface area contributed by atoms with Crippen LogP contribution in [0.2, 0.25) is 5.02 Å².